The Morgan fingerprint density at radius 2 is 2.09 bits per heavy atom. The van der Waals surface area contributed by atoms with Gasteiger partial charge in [0.25, 0.3) is 0 Å². The van der Waals surface area contributed by atoms with Crippen LogP contribution in [-0.2, 0) is 0 Å². The first-order chi connectivity index (χ1) is 5.20. The predicted octanol–water partition coefficient (Wildman–Crippen LogP) is 3.46. The van der Waals surface area contributed by atoms with E-state index in [2.05, 4.69) is 38.2 Å². The summed E-state index contributed by atoms with van der Waals surface area (Å²) in [6.45, 7) is 0. The van der Waals surface area contributed by atoms with Gasteiger partial charge in [-0.25, -0.2) is 4.99 Å². The van der Waals surface area contributed by atoms with Crippen LogP contribution in [0.5, 0.6) is 0 Å². The van der Waals surface area contributed by atoms with E-state index in [1.165, 1.54) is 4.90 Å². The third-order valence-corrected chi connectivity index (χ3v) is 4.94. The summed E-state index contributed by atoms with van der Waals surface area (Å²) >= 11 is 3.68. The number of fused-ring (bicyclic) bond motifs is 1. The highest BCUT2D eigenvalue weighted by molar-refractivity contribution is 9.60. The van der Waals surface area contributed by atoms with Crippen molar-refractivity contribution in [1.29, 1.82) is 0 Å². The number of hydrogen-bond acceptors (Lipinski definition) is 1. The van der Waals surface area contributed by atoms with Gasteiger partial charge in [-0.2, -0.15) is 0 Å². The standard InChI is InChI=1S/C8H8BrNS/c1-11(9)6-10-7-4-2-3-5-8(7)11/h2-6H,1H3. The minimum Gasteiger partial charge on any atom is -0.249 e. The Bertz CT molecular complexity index is 320. The fourth-order valence-electron chi connectivity index (χ4n) is 1.11. The maximum atomic E-state index is 4.32. The van der Waals surface area contributed by atoms with Crippen LogP contribution in [0.4, 0.5) is 5.69 Å². The molecular weight excluding hydrogens is 222 g/mol. The lowest BCUT2D eigenvalue weighted by Gasteiger charge is -2.18. The van der Waals surface area contributed by atoms with Crippen molar-refractivity contribution in [2.24, 2.45) is 4.99 Å². The summed E-state index contributed by atoms with van der Waals surface area (Å²) in [5, 5.41) is 0. The molecule has 1 nitrogen and oxygen atoms in total. The van der Waals surface area contributed by atoms with Gasteiger partial charge in [0.2, 0.25) is 0 Å². The first kappa shape index (κ1) is 7.37. The molecule has 2 rings (SSSR count). The minimum atomic E-state index is -0.885. The van der Waals surface area contributed by atoms with Gasteiger partial charge in [0.1, 0.15) is 0 Å². The predicted molar refractivity (Wildman–Crippen MR) is 55.3 cm³/mol. The Morgan fingerprint density at radius 3 is 2.82 bits per heavy atom. The molecule has 1 aliphatic rings. The molecule has 0 spiro atoms. The van der Waals surface area contributed by atoms with Crippen LogP contribution >= 0.6 is 23.3 Å². The second-order valence-electron chi connectivity index (χ2n) is 2.58. The molecule has 1 atom stereocenters. The fourth-order valence-corrected chi connectivity index (χ4v) is 3.49. The normalized spacial score (nSPS) is 32.9. The van der Waals surface area contributed by atoms with Crippen LogP contribution in [-0.4, -0.2) is 11.8 Å². The van der Waals surface area contributed by atoms with Crippen LogP contribution in [0.25, 0.3) is 0 Å². The second-order valence-corrected chi connectivity index (χ2v) is 9.02. The molecular formula is C8H8BrNS. The Hall–Kier alpha value is -0.280. The lowest BCUT2D eigenvalue weighted by atomic mass is 10.3. The molecule has 1 heterocycles. The van der Waals surface area contributed by atoms with Gasteiger partial charge in [-0.3, -0.25) is 0 Å². The molecule has 0 aromatic heterocycles. The largest absolute Gasteiger partial charge is 0.249 e. The molecule has 1 aromatic carbocycles. The average Bonchev–Trinajstić information content (AvgIpc) is 2.29. The highest BCUT2D eigenvalue weighted by Gasteiger charge is 2.22. The van der Waals surface area contributed by atoms with E-state index in [1.54, 1.807) is 0 Å². The lowest BCUT2D eigenvalue weighted by molar-refractivity contribution is 1.41. The van der Waals surface area contributed by atoms with Gasteiger partial charge >= 0.3 is 0 Å². The summed E-state index contributed by atoms with van der Waals surface area (Å²) < 4.78 is 0. The minimum absolute atomic E-state index is 0.885. The van der Waals surface area contributed by atoms with Gasteiger partial charge in [0, 0.05) is 4.90 Å². The molecule has 58 valence electrons. The molecule has 0 amide bonds. The molecule has 1 aromatic rings. The number of aliphatic imine (C=N–C) groups is 1. The van der Waals surface area contributed by atoms with E-state index in [1.807, 2.05) is 17.7 Å². The molecule has 0 N–H and O–H groups in total. The summed E-state index contributed by atoms with van der Waals surface area (Å²) in [6.07, 6.45) is 2.18. The molecule has 11 heavy (non-hydrogen) atoms. The van der Waals surface area contributed by atoms with Crippen LogP contribution in [0.2, 0.25) is 0 Å². The number of hydrogen-bond donors (Lipinski definition) is 0. The molecule has 0 saturated heterocycles. The quantitative estimate of drug-likeness (QED) is 0.647. The zero-order valence-electron chi connectivity index (χ0n) is 6.12. The van der Waals surface area contributed by atoms with Gasteiger partial charge in [0.05, 0.1) is 11.2 Å². The van der Waals surface area contributed by atoms with Gasteiger partial charge < -0.3 is 0 Å². The SMILES string of the molecule is CS1(Br)C=Nc2ccccc21. The van der Waals surface area contributed by atoms with E-state index in [0.717, 1.165) is 5.69 Å². The topological polar surface area (TPSA) is 12.4 Å². The Labute approximate surface area is 75.1 Å². The van der Waals surface area contributed by atoms with Gasteiger partial charge in [-0.15, -0.1) is 8.46 Å². The maximum absolute atomic E-state index is 4.32. The third kappa shape index (κ3) is 1.12. The van der Waals surface area contributed by atoms with Crippen molar-refractivity contribution < 1.29 is 0 Å². The van der Waals surface area contributed by atoms with E-state index in [-0.39, 0.29) is 0 Å². The van der Waals surface area contributed by atoms with Crippen LogP contribution in [0.15, 0.2) is 34.2 Å². The van der Waals surface area contributed by atoms with Crippen molar-refractivity contribution in [3.8, 4) is 0 Å². The van der Waals surface area contributed by atoms with Gasteiger partial charge in [0.15, 0.2) is 0 Å². The first-order valence-electron chi connectivity index (χ1n) is 3.31. The van der Waals surface area contributed by atoms with E-state index < -0.39 is 8.46 Å². The highest BCUT2D eigenvalue weighted by Crippen LogP contribution is 2.63. The zero-order chi connectivity index (χ0) is 7.90. The summed E-state index contributed by atoms with van der Waals surface area (Å²) in [5.74, 6) is 0. The van der Waals surface area contributed by atoms with Crippen molar-refractivity contribution in [1.82, 2.24) is 0 Å². The lowest BCUT2D eigenvalue weighted by Crippen LogP contribution is -1.83. The molecule has 0 fully saturated rings. The van der Waals surface area contributed by atoms with Crippen LogP contribution in [0.1, 0.15) is 0 Å². The van der Waals surface area contributed by atoms with Crippen molar-refractivity contribution in [2.45, 2.75) is 4.90 Å². The molecule has 0 aliphatic carbocycles. The smallest absolute Gasteiger partial charge is 0.0767 e. The van der Waals surface area contributed by atoms with Crippen molar-refractivity contribution in [3.63, 3.8) is 0 Å². The molecule has 3 heteroatoms. The Morgan fingerprint density at radius 1 is 1.36 bits per heavy atom. The number of halogens is 1. The number of para-hydroxylation sites is 1. The van der Waals surface area contributed by atoms with E-state index >= 15 is 0 Å². The molecule has 0 bridgehead atoms. The third-order valence-electron chi connectivity index (χ3n) is 1.69. The van der Waals surface area contributed by atoms with E-state index in [0.29, 0.717) is 0 Å². The van der Waals surface area contributed by atoms with E-state index in [9.17, 15) is 0 Å². The first-order valence-corrected chi connectivity index (χ1v) is 7.26. The summed E-state index contributed by atoms with van der Waals surface area (Å²) in [5.41, 5.74) is 3.12. The summed E-state index contributed by atoms with van der Waals surface area (Å²) in [4.78, 5) is 5.65. The average molecular weight is 230 g/mol. The summed E-state index contributed by atoms with van der Waals surface area (Å²) in [6, 6.07) is 8.25. The van der Waals surface area contributed by atoms with Crippen LogP contribution in [0.3, 0.4) is 0 Å². The zero-order valence-corrected chi connectivity index (χ0v) is 8.52. The molecule has 1 unspecified atom stereocenters. The van der Waals surface area contributed by atoms with E-state index in [4.69, 9.17) is 0 Å². The van der Waals surface area contributed by atoms with Crippen LogP contribution in [0, 0.1) is 0 Å². The van der Waals surface area contributed by atoms with Crippen LogP contribution < -0.4 is 0 Å². The van der Waals surface area contributed by atoms with Crippen molar-refractivity contribution >= 4 is 34.5 Å². The van der Waals surface area contributed by atoms with Crippen molar-refractivity contribution in [3.05, 3.63) is 24.3 Å². The van der Waals surface area contributed by atoms with Gasteiger partial charge in [-0.1, -0.05) is 12.1 Å². The Kier molecular flexibility index (Phi) is 1.58. The van der Waals surface area contributed by atoms with Gasteiger partial charge in [-0.05, 0) is 33.2 Å². The fraction of sp³-hybridized carbons (Fsp3) is 0.125. The van der Waals surface area contributed by atoms with Crippen molar-refractivity contribution in [2.75, 3.05) is 6.26 Å². The number of benzene rings is 1. The molecule has 1 aliphatic heterocycles. The molecule has 0 saturated carbocycles. The Balaban J connectivity index is 2.64. The maximum Gasteiger partial charge on any atom is 0.0767 e. The summed E-state index contributed by atoms with van der Waals surface area (Å²) in [7, 11) is -0.885. The monoisotopic (exact) mass is 229 g/mol. The number of nitrogens with zero attached hydrogens (tertiary/aromatic N) is 1. The number of rotatable bonds is 0. The second kappa shape index (κ2) is 2.35. The molecule has 0 radical (unpaired) electrons. The highest BCUT2D eigenvalue weighted by atomic mass is 79.9.